The maximum atomic E-state index is 12.5. The van der Waals surface area contributed by atoms with Gasteiger partial charge in [0, 0.05) is 22.7 Å². The Balaban J connectivity index is 1.41. The first-order valence-corrected chi connectivity index (χ1v) is 8.90. The zero-order chi connectivity index (χ0) is 17.9. The Morgan fingerprint density at radius 2 is 1.69 bits per heavy atom. The monoisotopic (exact) mass is 341 g/mol. The van der Waals surface area contributed by atoms with Crippen LogP contribution in [-0.2, 0) is 0 Å². The molecule has 0 radical (unpaired) electrons. The fourth-order valence-corrected chi connectivity index (χ4v) is 3.92. The van der Waals surface area contributed by atoms with Crippen LogP contribution in [0.2, 0.25) is 0 Å². The van der Waals surface area contributed by atoms with Crippen LogP contribution in [0.3, 0.4) is 0 Å². The van der Waals surface area contributed by atoms with E-state index >= 15 is 0 Å². The number of nitrogens with zero attached hydrogens (tertiary/aromatic N) is 2. The molecule has 128 valence electrons. The SMILES string of the molecule is N#CN1[C@H]2CC[C@@H]1[C@H](NC(=O)c1ccc(C#Cc3ccccc3)cc1)C2. The molecule has 0 unspecified atom stereocenters. The number of hydrogen-bond donors (Lipinski definition) is 1. The van der Waals surface area contributed by atoms with Crippen molar-refractivity contribution in [2.45, 2.75) is 37.4 Å². The Morgan fingerprint density at radius 1 is 1.00 bits per heavy atom. The number of carbonyl (C=O) groups is 1. The van der Waals surface area contributed by atoms with Gasteiger partial charge in [-0.25, -0.2) is 0 Å². The van der Waals surface area contributed by atoms with E-state index in [0.29, 0.717) is 11.6 Å². The Morgan fingerprint density at radius 3 is 2.35 bits per heavy atom. The lowest BCUT2D eigenvalue weighted by molar-refractivity contribution is 0.0928. The number of rotatable bonds is 2. The lowest BCUT2D eigenvalue weighted by atomic mass is 9.95. The molecule has 26 heavy (non-hydrogen) atoms. The van der Waals surface area contributed by atoms with Gasteiger partial charge in [0.05, 0.1) is 12.1 Å². The Kier molecular flexibility index (Phi) is 4.33. The lowest BCUT2D eigenvalue weighted by Crippen LogP contribution is -2.43. The minimum absolute atomic E-state index is 0.0680. The quantitative estimate of drug-likeness (QED) is 0.675. The number of carbonyl (C=O) groups excluding carboxylic acids is 1. The fraction of sp³-hybridized carbons (Fsp3) is 0.273. The van der Waals surface area contributed by atoms with Gasteiger partial charge >= 0.3 is 0 Å². The van der Waals surface area contributed by atoms with E-state index in [-0.39, 0.29) is 18.0 Å². The van der Waals surface area contributed by atoms with Crippen LogP contribution in [-0.4, -0.2) is 28.9 Å². The molecule has 4 heteroatoms. The molecule has 0 saturated carbocycles. The summed E-state index contributed by atoms with van der Waals surface area (Å²) < 4.78 is 0. The molecule has 2 bridgehead atoms. The van der Waals surface area contributed by atoms with E-state index in [4.69, 9.17) is 0 Å². The molecule has 2 aliphatic rings. The van der Waals surface area contributed by atoms with Crippen molar-refractivity contribution in [1.29, 1.82) is 5.26 Å². The van der Waals surface area contributed by atoms with Gasteiger partial charge < -0.3 is 10.2 Å². The van der Waals surface area contributed by atoms with E-state index in [0.717, 1.165) is 30.4 Å². The van der Waals surface area contributed by atoms with Crippen LogP contribution >= 0.6 is 0 Å². The van der Waals surface area contributed by atoms with Crippen LogP contribution < -0.4 is 5.32 Å². The molecule has 2 fully saturated rings. The van der Waals surface area contributed by atoms with Crippen LogP contribution in [0.1, 0.15) is 40.7 Å². The number of nitrogens with one attached hydrogen (secondary N) is 1. The molecule has 2 saturated heterocycles. The highest BCUT2D eigenvalue weighted by Gasteiger charge is 2.46. The zero-order valence-corrected chi connectivity index (χ0v) is 14.4. The Hall–Kier alpha value is -3.24. The molecule has 4 nitrogen and oxygen atoms in total. The number of amides is 1. The third-order valence-corrected chi connectivity index (χ3v) is 5.24. The number of fused-ring (bicyclic) bond motifs is 2. The summed E-state index contributed by atoms with van der Waals surface area (Å²) in [6.45, 7) is 0. The number of hydrogen-bond acceptors (Lipinski definition) is 3. The van der Waals surface area contributed by atoms with Crippen LogP contribution in [0.25, 0.3) is 0 Å². The van der Waals surface area contributed by atoms with Crippen LogP contribution in [0.4, 0.5) is 0 Å². The predicted molar refractivity (Wildman–Crippen MR) is 99.0 cm³/mol. The molecular formula is C22H19N3O. The molecule has 2 heterocycles. The maximum Gasteiger partial charge on any atom is 0.251 e. The minimum atomic E-state index is -0.0805. The first-order valence-electron chi connectivity index (χ1n) is 8.90. The fourth-order valence-electron chi connectivity index (χ4n) is 3.92. The van der Waals surface area contributed by atoms with Crippen LogP contribution in [0.15, 0.2) is 54.6 Å². The Labute approximate surface area is 153 Å². The second-order valence-electron chi connectivity index (χ2n) is 6.81. The Bertz CT molecular complexity index is 902. The van der Waals surface area contributed by atoms with E-state index in [2.05, 4.69) is 23.4 Å². The van der Waals surface area contributed by atoms with Crippen LogP contribution in [0, 0.1) is 23.3 Å². The molecule has 3 atom stereocenters. The molecule has 1 N–H and O–H groups in total. The van der Waals surface area contributed by atoms with E-state index in [1.165, 1.54) is 0 Å². The second-order valence-corrected chi connectivity index (χ2v) is 6.81. The first-order chi connectivity index (χ1) is 12.7. The van der Waals surface area contributed by atoms with Crippen LogP contribution in [0.5, 0.6) is 0 Å². The largest absolute Gasteiger partial charge is 0.347 e. The average molecular weight is 341 g/mol. The summed E-state index contributed by atoms with van der Waals surface area (Å²) in [5.74, 6) is 6.14. The van der Waals surface area contributed by atoms with Gasteiger partial charge in [0.2, 0.25) is 0 Å². The summed E-state index contributed by atoms with van der Waals surface area (Å²) in [6, 6.07) is 17.7. The highest BCUT2D eigenvalue weighted by Crippen LogP contribution is 2.37. The normalized spacial score (nSPS) is 23.0. The maximum absolute atomic E-state index is 12.5. The van der Waals surface area contributed by atoms with Crippen molar-refractivity contribution in [3.8, 4) is 18.0 Å². The average Bonchev–Trinajstić information content (AvgIpc) is 3.24. The summed E-state index contributed by atoms with van der Waals surface area (Å²) >= 11 is 0. The van der Waals surface area contributed by atoms with Crippen molar-refractivity contribution < 1.29 is 4.79 Å². The number of nitriles is 1. The van der Waals surface area contributed by atoms with Gasteiger partial charge in [-0.2, -0.15) is 5.26 Å². The highest BCUT2D eigenvalue weighted by molar-refractivity contribution is 5.94. The highest BCUT2D eigenvalue weighted by atomic mass is 16.1. The van der Waals surface area contributed by atoms with Crippen molar-refractivity contribution >= 4 is 5.91 Å². The third-order valence-electron chi connectivity index (χ3n) is 5.24. The lowest BCUT2D eigenvalue weighted by Gasteiger charge is -2.21. The van der Waals surface area contributed by atoms with Crippen molar-refractivity contribution in [2.75, 3.05) is 0 Å². The molecule has 4 rings (SSSR count). The van der Waals surface area contributed by atoms with Crippen molar-refractivity contribution in [3.63, 3.8) is 0 Å². The third kappa shape index (κ3) is 3.15. The van der Waals surface area contributed by atoms with E-state index in [9.17, 15) is 10.1 Å². The van der Waals surface area contributed by atoms with Crippen molar-refractivity contribution in [1.82, 2.24) is 10.2 Å². The van der Waals surface area contributed by atoms with Crippen molar-refractivity contribution in [2.24, 2.45) is 0 Å². The summed E-state index contributed by atoms with van der Waals surface area (Å²) in [6.07, 6.45) is 5.17. The molecule has 2 aliphatic heterocycles. The molecule has 2 aromatic carbocycles. The topological polar surface area (TPSA) is 56.1 Å². The van der Waals surface area contributed by atoms with Gasteiger partial charge in [0.15, 0.2) is 6.19 Å². The standard InChI is InChI=1S/C22H19N3O/c23-15-25-19-12-13-21(25)20(14-19)24-22(26)18-10-8-17(9-11-18)7-6-16-4-2-1-3-5-16/h1-5,8-11,19-21H,12-14H2,(H,24,26)/t19-,20+,21+/m0/s1. The first kappa shape index (κ1) is 16.2. The number of benzene rings is 2. The van der Waals surface area contributed by atoms with Crippen molar-refractivity contribution in [3.05, 3.63) is 71.3 Å². The predicted octanol–water partition coefficient (Wildman–Crippen LogP) is 2.90. The van der Waals surface area contributed by atoms with Gasteiger partial charge in [0.1, 0.15) is 0 Å². The second kappa shape index (κ2) is 6.94. The van der Waals surface area contributed by atoms with Gasteiger partial charge in [-0.05, 0) is 55.7 Å². The summed E-state index contributed by atoms with van der Waals surface area (Å²) in [5, 5.41) is 12.3. The molecule has 0 aliphatic carbocycles. The molecule has 0 spiro atoms. The molecule has 1 amide bonds. The molecule has 2 aromatic rings. The van der Waals surface area contributed by atoms with E-state index < -0.39 is 0 Å². The van der Waals surface area contributed by atoms with Gasteiger partial charge in [0.25, 0.3) is 5.91 Å². The zero-order valence-electron chi connectivity index (χ0n) is 14.4. The summed E-state index contributed by atoms with van der Waals surface area (Å²) in [5.41, 5.74) is 2.47. The smallest absolute Gasteiger partial charge is 0.251 e. The summed E-state index contributed by atoms with van der Waals surface area (Å²) in [7, 11) is 0. The summed E-state index contributed by atoms with van der Waals surface area (Å²) in [4.78, 5) is 14.4. The van der Waals surface area contributed by atoms with Gasteiger partial charge in [-0.15, -0.1) is 0 Å². The van der Waals surface area contributed by atoms with E-state index in [1.807, 2.05) is 47.4 Å². The van der Waals surface area contributed by atoms with Gasteiger partial charge in [-0.3, -0.25) is 4.79 Å². The molecular weight excluding hydrogens is 322 g/mol. The van der Waals surface area contributed by atoms with Gasteiger partial charge in [-0.1, -0.05) is 30.0 Å². The van der Waals surface area contributed by atoms with E-state index in [1.54, 1.807) is 12.1 Å². The molecule has 0 aromatic heterocycles. The minimum Gasteiger partial charge on any atom is -0.347 e.